The predicted octanol–water partition coefficient (Wildman–Crippen LogP) is 5.55. The number of amides is 2. The molecule has 2 heterocycles. The van der Waals surface area contributed by atoms with Gasteiger partial charge < -0.3 is 20.1 Å². The molecule has 2 aliphatic heterocycles. The normalized spacial score (nSPS) is 23.5. The van der Waals surface area contributed by atoms with E-state index in [0.717, 1.165) is 82.5 Å². The lowest BCUT2D eigenvalue weighted by atomic mass is 9.80. The number of nitrogens with one attached hydrogen (secondary N) is 1. The summed E-state index contributed by atoms with van der Waals surface area (Å²) in [6, 6.07) is 16.8. The summed E-state index contributed by atoms with van der Waals surface area (Å²) in [4.78, 5) is 31.5. The molecule has 0 bridgehead atoms. The predicted molar refractivity (Wildman–Crippen MR) is 163 cm³/mol. The smallest absolute Gasteiger partial charge is 0.248 e. The number of unbranched alkanes of at least 4 members (excludes halogenated alkanes) is 1. The Morgan fingerprint density at radius 1 is 0.927 bits per heavy atom. The van der Waals surface area contributed by atoms with Crippen LogP contribution in [0, 0.1) is 11.8 Å². The average molecular weight is 584 g/mol. The lowest BCUT2D eigenvalue weighted by Crippen LogP contribution is -2.69. The molecule has 2 saturated heterocycles. The van der Waals surface area contributed by atoms with Crippen molar-refractivity contribution in [3.8, 4) is 11.5 Å². The Balaban J connectivity index is 0.00000387. The molecule has 0 spiro atoms. The number of carbonyl (C=O) groups excluding carboxylic acids is 2. The molecule has 3 atom stereocenters. The Hall–Kier alpha value is -2.61. The van der Waals surface area contributed by atoms with E-state index < -0.39 is 18.2 Å². The van der Waals surface area contributed by atoms with E-state index in [4.69, 9.17) is 4.74 Å². The van der Waals surface area contributed by atoms with E-state index >= 15 is 0 Å². The van der Waals surface area contributed by atoms with Gasteiger partial charge in [-0.1, -0.05) is 62.9 Å². The number of piperazine rings is 1. The first-order valence-corrected chi connectivity index (χ1v) is 15.4. The van der Waals surface area contributed by atoms with E-state index in [1.807, 2.05) is 47.4 Å². The standard InChI is InChI=1S/C33H45N3O4.ClH/c1-2-3-20-36-30(32(38)34-29(33(36)39)31(37)26-10-6-4-7-11-26)25-18-21-35(22-19-25)23-24-14-16-28(17-15-24)40-27-12-8-5-9-13-27;/h5,8-9,12-17,25-26,29-31,37H,2-4,6-7,10-11,18-23H2,1H3,(H,34,38);1H/t29-,30?,31?;/m1./s1. The minimum atomic E-state index is -0.808. The fraction of sp³-hybridized carbons (Fsp3) is 0.576. The largest absolute Gasteiger partial charge is 0.457 e. The quantitative estimate of drug-likeness (QED) is 0.383. The van der Waals surface area contributed by atoms with Gasteiger partial charge in [-0.3, -0.25) is 14.5 Å². The summed E-state index contributed by atoms with van der Waals surface area (Å²) in [5.74, 6) is 1.70. The summed E-state index contributed by atoms with van der Waals surface area (Å²) in [5, 5.41) is 14.1. The first-order valence-electron chi connectivity index (χ1n) is 15.4. The van der Waals surface area contributed by atoms with Gasteiger partial charge in [0.1, 0.15) is 23.6 Å². The molecule has 2 N–H and O–H groups in total. The van der Waals surface area contributed by atoms with Crippen LogP contribution in [0.2, 0.25) is 0 Å². The molecule has 224 valence electrons. The molecule has 0 radical (unpaired) electrons. The molecule has 2 unspecified atom stereocenters. The SMILES string of the molecule is CCCCN1C(=O)[C@@H](C(O)C2CCCCC2)NC(=O)C1C1CCN(Cc2ccc(Oc3ccccc3)cc2)CC1.Cl. The highest BCUT2D eigenvalue weighted by Gasteiger charge is 2.48. The zero-order valence-electron chi connectivity index (χ0n) is 24.2. The Kier molecular flexibility index (Phi) is 11.5. The van der Waals surface area contributed by atoms with Gasteiger partial charge in [0, 0.05) is 13.1 Å². The third kappa shape index (κ3) is 7.82. The van der Waals surface area contributed by atoms with E-state index in [1.165, 1.54) is 12.0 Å². The molecule has 1 saturated carbocycles. The van der Waals surface area contributed by atoms with Crippen LogP contribution in [0.3, 0.4) is 0 Å². The number of hydrogen-bond acceptors (Lipinski definition) is 5. The minimum Gasteiger partial charge on any atom is -0.457 e. The van der Waals surface area contributed by atoms with Crippen molar-refractivity contribution in [3.05, 3.63) is 60.2 Å². The van der Waals surface area contributed by atoms with Crippen LogP contribution in [-0.2, 0) is 16.1 Å². The van der Waals surface area contributed by atoms with Crippen molar-refractivity contribution in [3.63, 3.8) is 0 Å². The Labute approximate surface area is 251 Å². The van der Waals surface area contributed by atoms with Crippen LogP contribution < -0.4 is 10.1 Å². The van der Waals surface area contributed by atoms with Crippen molar-refractivity contribution in [2.45, 2.75) is 89.4 Å². The van der Waals surface area contributed by atoms with E-state index in [-0.39, 0.29) is 36.1 Å². The Morgan fingerprint density at radius 2 is 1.59 bits per heavy atom. The molecule has 2 aromatic rings. The van der Waals surface area contributed by atoms with E-state index in [2.05, 4.69) is 29.3 Å². The average Bonchev–Trinajstić information content (AvgIpc) is 2.99. The first kappa shape index (κ1) is 31.3. The zero-order chi connectivity index (χ0) is 27.9. The van der Waals surface area contributed by atoms with Crippen LogP contribution in [0.15, 0.2) is 54.6 Å². The van der Waals surface area contributed by atoms with Crippen molar-refractivity contribution in [2.24, 2.45) is 11.8 Å². The number of benzene rings is 2. The van der Waals surface area contributed by atoms with Crippen LogP contribution in [0.4, 0.5) is 0 Å². The fourth-order valence-corrected chi connectivity index (χ4v) is 6.76. The summed E-state index contributed by atoms with van der Waals surface area (Å²) >= 11 is 0. The Morgan fingerprint density at radius 3 is 2.24 bits per heavy atom. The van der Waals surface area contributed by atoms with Gasteiger partial charge in [0.15, 0.2) is 0 Å². The molecule has 1 aliphatic carbocycles. The van der Waals surface area contributed by atoms with Gasteiger partial charge in [-0.15, -0.1) is 12.4 Å². The van der Waals surface area contributed by atoms with Gasteiger partial charge in [-0.05, 0) is 86.9 Å². The van der Waals surface area contributed by atoms with E-state index in [9.17, 15) is 14.7 Å². The topological polar surface area (TPSA) is 82.1 Å². The third-order valence-corrected chi connectivity index (χ3v) is 9.07. The van der Waals surface area contributed by atoms with Crippen molar-refractivity contribution in [1.82, 2.24) is 15.1 Å². The summed E-state index contributed by atoms with van der Waals surface area (Å²) in [6.45, 7) is 5.32. The molecule has 41 heavy (non-hydrogen) atoms. The summed E-state index contributed by atoms with van der Waals surface area (Å²) < 4.78 is 5.92. The van der Waals surface area contributed by atoms with Crippen molar-refractivity contribution in [1.29, 1.82) is 0 Å². The van der Waals surface area contributed by atoms with Gasteiger partial charge in [0.05, 0.1) is 6.10 Å². The van der Waals surface area contributed by atoms with Crippen LogP contribution in [0.5, 0.6) is 11.5 Å². The lowest BCUT2D eigenvalue weighted by molar-refractivity contribution is -0.157. The van der Waals surface area contributed by atoms with Crippen LogP contribution in [0.1, 0.15) is 70.3 Å². The second-order valence-electron chi connectivity index (χ2n) is 11.9. The highest BCUT2D eigenvalue weighted by Crippen LogP contribution is 2.32. The van der Waals surface area contributed by atoms with Gasteiger partial charge in [-0.25, -0.2) is 0 Å². The third-order valence-electron chi connectivity index (χ3n) is 9.07. The molecule has 8 heteroatoms. The number of aliphatic hydroxyl groups is 1. The molecule has 5 rings (SSSR count). The molecule has 3 aliphatic rings. The maximum atomic E-state index is 13.7. The van der Waals surface area contributed by atoms with Crippen LogP contribution in [-0.4, -0.2) is 64.5 Å². The number of rotatable bonds is 10. The number of halogens is 1. The molecule has 3 fully saturated rings. The fourth-order valence-electron chi connectivity index (χ4n) is 6.76. The summed E-state index contributed by atoms with van der Waals surface area (Å²) in [6.07, 6.45) is 8.00. The highest BCUT2D eigenvalue weighted by atomic mass is 35.5. The monoisotopic (exact) mass is 583 g/mol. The summed E-state index contributed by atoms with van der Waals surface area (Å²) in [7, 11) is 0. The minimum absolute atomic E-state index is 0. The maximum absolute atomic E-state index is 13.7. The van der Waals surface area contributed by atoms with Crippen LogP contribution in [0.25, 0.3) is 0 Å². The number of likely N-dealkylation sites (tertiary alicyclic amines) is 1. The number of ether oxygens (including phenoxy) is 1. The number of carbonyl (C=O) groups is 2. The van der Waals surface area contributed by atoms with Gasteiger partial charge in [0.2, 0.25) is 11.8 Å². The van der Waals surface area contributed by atoms with Gasteiger partial charge in [-0.2, -0.15) is 0 Å². The second kappa shape index (κ2) is 15.0. The molecule has 0 aromatic heterocycles. The molecule has 2 amide bonds. The first-order chi connectivity index (χ1) is 19.5. The Bertz CT molecular complexity index is 1100. The molecule has 2 aromatic carbocycles. The number of nitrogens with zero attached hydrogens (tertiary/aromatic N) is 2. The number of piperidine rings is 1. The highest BCUT2D eigenvalue weighted by molar-refractivity contribution is 5.97. The number of hydrogen-bond donors (Lipinski definition) is 2. The van der Waals surface area contributed by atoms with Gasteiger partial charge >= 0.3 is 0 Å². The van der Waals surface area contributed by atoms with Crippen molar-refractivity contribution >= 4 is 24.2 Å². The lowest BCUT2D eigenvalue weighted by Gasteiger charge is -2.46. The second-order valence-corrected chi connectivity index (χ2v) is 11.9. The van der Waals surface area contributed by atoms with Gasteiger partial charge in [0.25, 0.3) is 0 Å². The molecule has 7 nitrogen and oxygen atoms in total. The van der Waals surface area contributed by atoms with E-state index in [0.29, 0.717) is 6.54 Å². The number of para-hydroxylation sites is 1. The van der Waals surface area contributed by atoms with Crippen LogP contribution >= 0.6 is 12.4 Å². The van der Waals surface area contributed by atoms with Crippen molar-refractivity contribution in [2.75, 3.05) is 19.6 Å². The zero-order valence-corrected chi connectivity index (χ0v) is 25.1. The van der Waals surface area contributed by atoms with E-state index in [1.54, 1.807) is 0 Å². The molecular formula is C33H46ClN3O4. The maximum Gasteiger partial charge on any atom is 0.248 e. The van der Waals surface area contributed by atoms with Crippen molar-refractivity contribution < 1.29 is 19.4 Å². The summed E-state index contributed by atoms with van der Waals surface area (Å²) in [5.41, 5.74) is 1.23. The molecular weight excluding hydrogens is 538 g/mol. The number of aliphatic hydroxyl groups excluding tert-OH is 1.